The van der Waals surface area contributed by atoms with Crippen molar-refractivity contribution >= 4 is 11.9 Å². The highest BCUT2D eigenvalue weighted by Gasteiger charge is 2.17. The molecule has 0 unspecified atom stereocenters. The SMILES string of the molecule is CCn1ccc(-c2ccc(OCc3c(C)cccc3Cc3ccc(C(=O)O)cc3C(=O)O)c(C)c2)n1. The lowest BCUT2D eigenvalue weighted by atomic mass is 9.93. The maximum atomic E-state index is 11.8. The van der Waals surface area contributed by atoms with Gasteiger partial charge in [0.25, 0.3) is 0 Å². The Morgan fingerprint density at radius 2 is 1.72 bits per heavy atom. The Balaban J connectivity index is 1.57. The predicted molar refractivity (Wildman–Crippen MR) is 137 cm³/mol. The topological polar surface area (TPSA) is 102 Å². The molecule has 0 radical (unpaired) electrons. The van der Waals surface area contributed by atoms with E-state index in [1.54, 1.807) is 6.07 Å². The molecule has 0 aliphatic carbocycles. The number of carboxylic acids is 2. The summed E-state index contributed by atoms with van der Waals surface area (Å²) in [6, 6.07) is 18.1. The van der Waals surface area contributed by atoms with Crippen LogP contribution in [-0.2, 0) is 19.6 Å². The van der Waals surface area contributed by atoms with Crippen LogP contribution in [0.1, 0.15) is 55.5 Å². The minimum Gasteiger partial charge on any atom is -0.489 e. The van der Waals surface area contributed by atoms with Crippen LogP contribution >= 0.6 is 0 Å². The van der Waals surface area contributed by atoms with Gasteiger partial charge in [0.05, 0.1) is 16.8 Å². The molecule has 0 fully saturated rings. The largest absolute Gasteiger partial charge is 0.489 e. The zero-order chi connectivity index (χ0) is 25.8. The highest BCUT2D eigenvalue weighted by Crippen LogP contribution is 2.28. The normalized spacial score (nSPS) is 10.9. The molecule has 0 atom stereocenters. The van der Waals surface area contributed by atoms with Gasteiger partial charge in [-0.05, 0) is 91.4 Å². The minimum atomic E-state index is -1.16. The number of aryl methyl sites for hydroxylation is 3. The molecular formula is C29H28N2O5. The number of aromatic nitrogens is 2. The molecule has 2 N–H and O–H groups in total. The Labute approximate surface area is 209 Å². The van der Waals surface area contributed by atoms with Crippen LogP contribution < -0.4 is 4.74 Å². The van der Waals surface area contributed by atoms with E-state index in [9.17, 15) is 19.8 Å². The van der Waals surface area contributed by atoms with Crippen molar-refractivity contribution in [3.05, 3.63) is 106 Å². The van der Waals surface area contributed by atoms with Crippen LogP contribution in [0.5, 0.6) is 5.75 Å². The maximum Gasteiger partial charge on any atom is 0.336 e. The molecule has 3 aromatic carbocycles. The van der Waals surface area contributed by atoms with Gasteiger partial charge in [-0.25, -0.2) is 9.59 Å². The van der Waals surface area contributed by atoms with E-state index >= 15 is 0 Å². The van der Waals surface area contributed by atoms with Gasteiger partial charge in [-0.3, -0.25) is 4.68 Å². The molecule has 4 rings (SSSR count). The summed E-state index contributed by atoms with van der Waals surface area (Å²) in [5.41, 5.74) is 6.35. The lowest BCUT2D eigenvalue weighted by molar-refractivity contribution is 0.0695. The van der Waals surface area contributed by atoms with Crippen LogP contribution in [0.4, 0.5) is 0 Å². The molecule has 0 spiro atoms. The standard InChI is InChI=1S/C29H28N2O5/c1-4-31-13-12-26(30-31)22-10-11-27(19(3)14-22)36-17-25-18(2)6-5-7-20(25)15-21-8-9-23(28(32)33)16-24(21)29(34)35/h5-14,16H,4,15,17H2,1-3H3,(H,32,33)(H,34,35). The average molecular weight is 485 g/mol. The molecule has 4 aromatic rings. The molecule has 0 saturated heterocycles. The Bertz CT molecular complexity index is 1440. The highest BCUT2D eigenvalue weighted by molar-refractivity contribution is 5.95. The number of benzene rings is 3. The van der Waals surface area contributed by atoms with E-state index in [2.05, 4.69) is 11.2 Å². The molecule has 1 aromatic heterocycles. The molecule has 7 heteroatoms. The number of rotatable bonds is 9. The number of hydrogen-bond donors (Lipinski definition) is 2. The van der Waals surface area contributed by atoms with E-state index in [0.29, 0.717) is 18.6 Å². The summed E-state index contributed by atoms with van der Waals surface area (Å²) in [4.78, 5) is 23.1. The van der Waals surface area contributed by atoms with Gasteiger partial charge in [-0.1, -0.05) is 24.3 Å². The average Bonchev–Trinajstić information content (AvgIpc) is 3.34. The highest BCUT2D eigenvalue weighted by atomic mass is 16.5. The van der Waals surface area contributed by atoms with Gasteiger partial charge in [-0.2, -0.15) is 5.10 Å². The number of nitrogens with zero attached hydrogens (tertiary/aromatic N) is 2. The van der Waals surface area contributed by atoms with Gasteiger partial charge in [-0.15, -0.1) is 0 Å². The molecule has 0 amide bonds. The summed E-state index contributed by atoms with van der Waals surface area (Å²) >= 11 is 0. The smallest absolute Gasteiger partial charge is 0.336 e. The lowest BCUT2D eigenvalue weighted by Gasteiger charge is -2.16. The van der Waals surface area contributed by atoms with Crippen molar-refractivity contribution in [3.8, 4) is 17.0 Å². The van der Waals surface area contributed by atoms with E-state index in [0.717, 1.165) is 45.8 Å². The Morgan fingerprint density at radius 1 is 0.917 bits per heavy atom. The second-order valence-electron chi connectivity index (χ2n) is 8.70. The van der Waals surface area contributed by atoms with Crippen molar-refractivity contribution in [2.45, 2.75) is 40.3 Å². The first-order chi connectivity index (χ1) is 17.3. The van der Waals surface area contributed by atoms with Crippen LogP contribution in [0, 0.1) is 13.8 Å². The predicted octanol–water partition coefficient (Wildman–Crippen LogP) is 5.75. The van der Waals surface area contributed by atoms with Crippen LogP contribution in [-0.4, -0.2) is 31.9 Å². The van der Waals surface area contributed by atoms with E-state index in [-0.39, 0.29) is 11.1 Å². The lowest BCUT2D eigenvalue weighted by Crippen LogP contribution is -2.09. The molecular weight excluding hydrogens is 456 g/mol. The fourth-order valence-electron chi connectivity index (χ4n) is 4.22. The van der Waals surface area contributed by atoms with Crippen molar-refractivity contribution in [2.24, 2.45) is 0 Å². The zero-order valence-electron chi connectivity index (χ0n) is 20.5. The Hall–Kier alpha value is -4.39. The molecule has 184 valence electrons. The number of ether oxygens (including phenoxy) is 1. The monoisotopic (exact) mass is 484 g/mol. The second-order valence-corrected chi connectivity index (χ2v) is 8.70. The summed E-state index contributed by atoms with van der Waals surface area (Å²) in [7, 11) is 0. The Kier molecular flexibility index (Phi) is 7.20. The van der Waals surface area contributed by atoms with Crippen molar-refractivity contribution < 1.29 is 24.5 Å². The molecule has 0 bridgehead atoms. The van der Waals surface area contributed by atoms with E-state index < -0.39 is 11.9 Å². The summed E-state index contributed by atoms with van der Waals surface area (Å²) < 4.78 is 8.10. The summed E-state index contributed by atoms with van der Waals surface area (Å²) in [6.07, 6.45) is 2.31. The molecule has 0 saturated carbocycles. The number of carboxylic acid groups (broad SMARTS) is 2. The fourth-order valence-corrected chi connectivity index (χ4v) is 4.22. The van der Waals surface area contributed by atoms with Gasteiger partial charge < -0.3 is 14.9 Å². The van der Waals surface area contributed by atoms with Gasteiger partial charge in [0.1, 0.15) is 12.4 Å². The van der Waals surface area contributed by atoms with Gasteiger partial charge in [0.2, 0.25) is 0 Å². The van der Waals surface area contributed by atoms with E-state index in [1.165, 1.54) is 12.1 Å². The first-order valence-electron chi connectivity index (χ1n) is 11.7. The van der Waals surface area contributed by atoms with Crippen LogP contribution in [0.2, 0.25) is 0 Å². The first-order valence-corrected chi connectivity index (χ1v) is 11.7. The zero-order valence-corrected chi connectivity index (χ0v) is 20.5. The molecule has 36 heavy (non-hydrogen) atoms. The second kappa shape index (κ2) is 10.5. The summed E-state index contributed by atoms with van der Waals surface area (Å²) in [5.74, 6) is -1.55. The number of aromatic carboxylic acids is 2. The van der Waals surface area contributed by atoms with Crippen LogP contribution in [0.25, 0.3) is 11.3 Å². The first kappa shape index (κ1) is 24.7. The molecule has 0 aliphatic rings. The number of carbonyl (C=O) groups is 2. The van der Waals surface area contributed by atoms with Crippen molar-refractivity contribution in [2.75, 3.05) is 0 Å². The fraction of sp³-hybridized carbons (Fsp3) is 0.207. The molecule has 7 nitrogen and oxygen atoms in total. The Morgan fingerprint density at radius 3 is 2.39 bits per heavy atom. The minimum absolute atomic E-state index is 0.0137. The van der Waals surface area contributed by atoms with E-state index in [1.807, 2.05) is 68.0 Å². The van der Waals surface area contributed by atoms with Crippen molar-refractivity contribution in [3.63, 3.8) is 0 Å². The molecule has 1 heterocycles. The van der Waals surface area contributed by atoms with Crippen molar-refractivity contribution in [1.29, 1.82) is 0 Å². The van der Waals surface area contributed by atoms with Crippen molar-refractivity contribution in [1.82, 2.24) is 9.78 Å². The maximum absolute atomic E-state index is 11.8. The van der Waals surface area contributed by atoms with Crippen LogP contribution in [0.15, 0.2) is 66.9 Å². The quantitative estimate of drug-likeness (QED) is 0.314. The van der Waals surface area contributed by atoms with Gasteiger partial charge >= 0.3 is 11.9 Å². The van der Waals surface area contributed by atoms with E-state index in [4.69, 9.17) is 4.74 Å². The third kappa shape index (κ3) is 5.30. The van der Waals surface area contributed by atoms with Gasteiger partial charge in [0.15, 0.2) is 0 Å². The molecule has 0 aliphatic heterocycles. The van der Waals surface area contributed by atoms with Gasteiger partial charge in [0, 0.05) is 18.3 Å². The summed E-state index contributed by atoms with van der Waals surface area (Å²) in [6.45, 7) is 7.18. The number of hydrogen-bond acceptors (Lipinski definition) is 4. The third-order valence-electron chi connectivity index (χ3n) is 6.28. The summed E-state index contributed by atoms with van der Waals surface area (Å²) in [5, 5.41) is 23.4. The third-order valence-corrected chi connectivity index (χ3v) is 6.28. The van der Waals surface area contributed by atoms with Crippen LogP contribution in [0.3, 0.4) is 0 Å².